The van der Waals surface area contributed by atoms with E-state index in [4.69, 9.17) is 0 Å². The first-order valence-corrected chi connectivity index (χ1v) is 18.4. The largest absolute Gasteiger partial charge is 0.618 e. The number of benzene rings is 1. The van der Waals surface area contributed by atoms with Crippen LogP contribution in [0.1, 0.15) is 88.4 Å². The summed E-state index contributed by atoms with van der Waals surface area (Å²) in [5.74, 6) is 2.26. The van der Waals surface area contributed by atoms with E-state index in [-0.39, 0.29) is 40.9 Å². The number of para-hydroxylation sites is 1. The third-order valence-corrected chi connectivity index (χ3v) is 14.5. The van der Waals surface area contributed by atoms with Crippen molar-refractivity contribution in [3.05, 3.63) is 47.3 Å². The molecule has 2 saturated heterocycles. The Labute approximate surface area is 278 Å². The van der Waals surface area contributed by atoms with Crippen molar-refractivity contribution in [2.24, 2.45) is 34.5 Å². The van der Waals surface area contributed by atoms with Crippen molar-refractivity contribution in [3.63, 3.8) is 0 Å². The maximum absolute atomic E-state index is 13.9. The molecule has 1 aromatic carbocycles. The molecule has 2 N–H and O–H groups in total. The van der Waals surface area contributed by atoms with Crippen LogP contribution in [0, 0.1) is 39.7 Å². The number of piperazine rings is 1. The summed E-state index contributed by atoms with van der Waals surface area (Å²) in [6, 6.07) is 8.57. The molecule has 6 aliphatic rings. The predicted octanol–water partition coefficient (Wildman–Crippen LogP) is 3.97. The second kappa shape index (κ2) is 11.7. The van der Waals surface area contributed by atoms with Crippen molar-refractivity contribution in [1.29, 1.82) is 0 Å². The van der Waals surface area contributed by atoms with Gasteiger partial charge in [-0.05, 0) is 111 Å². The van der Waals surface area contributed by atoms with Crippen molar-refractivity contribution < 1.29 is 24.5 Å². The quantitative estimate of drug-likeness (QED) is 0.387. The molecule has 4 aliphatic carbocycles. The number of hydrogen-bond donors (Lipinski definition) is 2. The Kier molecular flexibility index (Phi) is 7.84. The first kappa shape index (κ1) is 31.5. The van der Waals surface area contributed by atoms with Crippen molar-refractivity contribution in [2.45, 2.75) is 102 Å². The predicted molar refractivity (Wildman–Crippen MR) is 178 cm³/mol. The molecule has 4 saturated carbocycles. The first-order chi connectivity index (χ1) is 22.6. The van der Waals surface area contributed by atoms with E-state index in [1.54, 1.807) is 23.1 Å². The number of hydrogen-bond acceptors (Lipinski definition) is 6. The van der Waals surface area contributed by atoms with Crippen molar-refractivity contribution in [1.82, 2.24) is 14.7 Å². The molecule has 6 fully saturated rings. The Hall–Kier alpha value is -2.75. The van der Waals surface area contributed by atoms with Gasteiger partial charge >= 0.3 is 0 Å². The first-order valence-electron chi connectivity index (χ1n) is 18.4. The van der Waals surface area contributed by atoms with Crippen LogP contribution in [0.15, 0.2) is 36.5 Å². The zero-order valence-electron chi connectivity index (χ0n) is 28.1. The topological polar surface area (TPSA) is 111 Å². The van der Waals surface area contributed by atoms with Crippen LogP contribution in [0.2, 0.25) is 0 Å². The molecule has 0 radical (unpaired) electrons. The van der Waals surface area contributed by atoms with E-state index in [1.165, 1.54) is 25.5 Å². The van der Waals surface area contributed by atoms with E-state index >= 15 is 0 Å². The Morgan fingerprint density at radius 1 is 0.915 bits per heavy atom. The van der Waals surface area contributed by atoms with Crippen LogP contribution < -0.4 is 4.73 Å². The lowest BCUT2D eigenvalue weighted by atomic mass is 9.44. The Balaban J connectivity index is 0.927. The van der Waals surface area contributed by atoms with Gasteiger partial charge in [-0.15, -0.1) is 0 Å². The summed E-state index contributed by atoms with van der Waals surface area (Å²) >= 11 is 0. The van der Waals surface area contributed by atoms with E-state index in [0.717, 1.165) is 56.3 Å². The number of likely N-dealkylation sites (tertiary alicyclic amines) is 1. The Morgan fingerprint density at radius 2 is 1.68 bits per heavy atom. The van der Waals surface area contributed by atoms with Crippen LogP contribution in [0.3, 0.4) is 0 Å². The fourth-order valence-corrected chi connectivity index (χ4v) is 11.9. The van der Waals surface area contributed by atoms with Gasteiger partial charge in [0.2, 0.25) is 11.4 Å². The van der Waals surface area contributed by atoms with E-state index in [9.17, 15) is 25.0 Å². The third-order valence-electron chi connectivity index (χ3n) is 14.5. The SMILES string of the molecule is C[C@]12C[C@H](N3CCN(C(=O)[C@@H]4CCCN4C(=O)c4cc5ccccc5[n+]([O-])c4)CC3)[C@@H](O)CC1CCC1C2CC[C@@]2(C)C1CC[C@@H]2O. The zero-order valence-corrected chi connectivity index (χ0v) is 28.1. The molecular formula is C38H52N4O5. The van der Waals surface area contributed by atoms with Gasteiger partial charge in [0.25, 0.3) is 5.91 Å². The molecule has 2 amide bonds. The fraction of sp³-hybridized carbons (Fsp3) is 0.711. The molecule has 2 aromatic rings. The normalized spacial score (nSPS) is 40.6. The summed E-state index contributed by atoms with van der Waals surface area (Å²) in [6.45, 7) is 8.04. The number of fused-ring (bicyclic) bond motifs is 6. The number of aromatic nitrogens is 1. The van der Waals surface area contributed by atoms with Crippen molar-refractivity contribution in [2.75, 3.05) is 32.7 Å². The average molecular weight is 645 g/mol. The van der Waals surface area contributed by atoms with E-state index in [1.807, 2.05) is 17.0 Å². The summed E-state index contributed by atoms with van der Waals surface area (Å²) in [7, 11) is 0. The molecule has 3 heterocycles. The van der Waals surface area contributed by atoms with Gasteiger partial charge in [-0.3, -0.25) is 14.5 Å². The van der Waals surface area contributed by atoms with Crippen LogP contribution in [0.25, 0.3) is 10.9 Å². The highest BCUT2D eigenvalue weighted by Crippen LogP contribution is 2.66. The average Bonchev–Trinajstić information content (AvgIpc) is 3.68. The number of aliphatic hydroxyl groups is 2. The molecule has 4 unspecified atom stereocenters. The highest BCUT2D eigenvalue weighted by atomic mass is 16.5. The molecule has 0 bridgehead atoms. The highest BCUT2D eigenvalue weighted by Gasteiger charge is 2.61. The highest BCUT2D eigenvalue weighted by molar-refractivity contribution is 5.99. The summed E-state index contributed by atoms with van der Waals surface area (Å²) in [5, 5.41) is 35.7. The van der Waals surface area contributed by atoms with Gasteiger partial charge < -0.3 is 25.2 Å². The molecule has 254 valence electrons. The summed E-state index contributed by atoms with van der Waals surface area (Å²) in [5.41, 5.74) is 1.11. The fourth-order valence-electron chi connectivity index (χ4n) is 11.9. The number of carbonyl (C=O) groups excluding carboxylic acids is 2. The Morgan fingerprint density at radius 3 is 2.49 bits per heavy atom. The summed E-state index contributed by atoms with van der Waals surface area (Å²) in [4.78, 5) is 33.6. The maximum Gasteiger partial charge on any atom is 0.260 e. The molecule has 0 spiro atoms. The van der Waals surface area contributed by atoms with E-state index < -0.39 is 6.04 Å². The van der Waals surface area contributed by atoms with Crippen LogP contribution in [-0.4, -0.2) is 93.7 Å². The molecule has 10 atom stereocenters. The van der Waals surface area contributed by atoms with Gasteiger partial charge in [0.1, 0.15) is 11.6 Å². The number of nitrogens with zero attached hydrogens (tertiary/aromatic N) is 4. The zero-order chi connectivity index (χ0) is 32.7. The lowest BCUT2D eigenvalue weighted by Gasteiger charge is -2.62. The van der Waals surface area contributed by atoms with Gasteiger partial charge in [0, 0.05) is 50.2 Å². The number of aliphatic hydroxyl groups excluding tert-OH is 2. The third kappa shape index (κ3) is 5.01. The second-order valence-corrected chi connectivity index (χ2v) is 16.5. The minimum Gasteiger partial charge on any atom is -0.618 e. The number of pyridine rings is 1. The van der Waals surface area contributed by atoms with Gasteiger partial charge in [0.15, 0.2) is 6.20 Å². The van der Waals surface area contributed by atoms with E-state index in [2.05, 4.69) is 18.7 Å². The molecule has 1 aromatic heterocycles. The maximum atomic E-state index is 13.9. The molecule has 2 aliphatic heterocycles. The van der Waals surface area contributed by atoms with Gasteiger partial charge in [-0.1, -0.05) is 26.0 Å². The standard InChI is InChI=1S/C38H52N4O5/c1-37-14-13-29-27(28(37)11-12-34(37)44)10-9-26-21-33(43)32(22-38(26,29)2)39-16-18-40(19-17-39)36(46)31-8-5-15-41(31)35(45)25-20-24-6-3-4-7-30(24)42(47)23-25/h3-4,6-7,20,23,26-29,31-34,43-44H,5,8-19,21-22H2,1-2H3/t26?,27?,28?,29?,31-,32-,33-,34-,37-,38-/m0/s1. The minimum absolute atomic E-state index is 0.00151. The second-order valence-electron chi connectivity index (χ2n) is 16.5. The van der Waals surface area contributed by atoms with Gasteiger partial charge in [-0.25, -0.2) is 0 Å². The minimum atomic E-state index is -0.508. The van der Waals surface area contributed by atoms with Crippen LogP contribution in [-0.2, 0) is 4.79 Å². The molecule has 8 rings (SSSR count). The van der Waals surface area contributed by atoms with Gasteiger partial charge in [0.05, 0.1) is 12.2 Å². The Bertz CT molecular complexity index is 1540. The van der Waals surface area contributed by atoms with Crippen LogP contribution >= 0.6 is 0 Å². The van der Waals surface area contributed by atoms with Gasteiger partial charge in [-0.2, -0.15) is 4.73 Å². The van der Waals surface area contributed by atoms with Crippen LogP contribution in [0.5, 0.6) is 0 Å². The monoisotopic (exact) mass is 644 g/mol. The number of amides is 2. The molecular weight excluding hydrogens is 592 g/mol. The molecule has 47 heavy (non-hydrogen) atoms. The summed E-state index contributed by atoms with van der Waals surface area (Å²) in [6.07, 6.45) is 11.0. The smallest absolute Gasteiger partial charge is 0.260 e. The summed E-state index contributed by atoms with van der Waals surface area (Å²) < 4.78 is 0.745. The van der Waals surface area contributed by atoms with Crippen LogP contribution in [0.4, 0.5) is 0 Å². The lowest BCUT2D eigenvalue weighted by molar-refractivity contribution is -0.577. The lowest BCUT2D eigenvalue weighted by Crippen LogP contribution is -2.62. The number of rotatable bonds is 3. The van der Waals surface area contributed by atoms with E-state index in [0.29, 0.717) is 66.2 Å². The molecule has 9 heteroatoms. The van der Waals surface area contributed by atoms with Crippen molar-refractivity contribution >= 4 is 22.7 Å². The molecule has 9 nitrogen and oxygen atoms in total. The van der Waals surface area contributed by atoms with Crippen molar-refractivity contribution in [3.8, 4) is 0 Å². The number of carbonyl (C=O) groups is 2.